The van der Waals surface area contributed by atoms with E-state index in [2.05, 4.69) is 86.8 Å². The van der Waals surface area contributed by atoms with Gasteiger partial charge in [-0.1, -0.05) is 215 Å². The van der Waals surface area contributed by atoms with Crippen molar-refractivity contribution in [2.45, 2.75) is 225 Å². The predicted octanol–water partition coefficient (Wildman–Crippen LogP) is 16.1. The van der Waals surface area contributed by atoms with Crippen LogP contribution in [0.3, 0.4) is 0 Å². The van der Waals surface area contributed by atoms with Crippen molar-refractivity contribution >= 4 is 19.8 Å². The van der Waals surface area contributed by atoms with Gasteiger partial charge in [-0.3, -0.25) is 18.6 Å². The van der Waals surface area contributed by atoms with E-state index in [1.807, 2.05) is 21.1 Å². The van der Waals surface area contributed by atoms with E-state index in [9.17, 15) is 19.0 Å². The molecule has 0 aliphatic carbocycles. The molecule has 0 aliphatic heterocycles. The number of ether oxygens (including phenoxy) is 2. The van der Waals surface area contributed by atoms with Crippen LogP contribution in [0.25, 0.3) is 0 Å². The number of carbonyl (C=O) groups excluding carboxylic acids is 2. The molecule has 0 aliphatic rings. The third-order valence-electron chi connectivity index (χ3n) is 11.3. The number of hydrogen-bond donors (Lipinski definition) is 1. The number of quaternary nitrogens is 1. The van der Waals surface area contributed by atoms with Gasteiger partial charge < -0.3 is 18.9 Å². The number of unbranched alkanes of at least 4 members (excludes halogenated alkanes) is 22. The van der Waals surface area contributed by atoms with Crippen LogP contribution in [0, 0.1) is 0 Å². The highest BCUT2D eigenvalue weighted by molar-refractivity contribution is 7.47. The Hall–Kier alpha value is -2.55. The van der Waals surface area contributed by atoms with Gasteiger partial charge in [0.25, 0.3) is 0 Å². The molecule has 9 nitrogen and oxygen atoms in total. The molecule has 1 N–H and O–H groups in total. The van der Waals surface area contributed by atoms with Gasteiger partial charge in [-0.2, -0.15) is 0 Å². The molecule has 0 amide bonds. The van der Waals surface area contributed by atoms with E-state index in [4.69, 9.17) is 18.5 Å². The molecule has 0 bridgehead atoms. The summed E-state index contributed by atoms with van der Waals surface area (Å²) in [6, 6.07) is 0. The van der Waals surface area contributed by atoms with E-state index < -0.39 is 26.5 Å². The highest BCUT2D eigenvalue weighted by Gasteiger charge is 2.27. The van der Waals surface area contributed by atoms with Gasteiger partial charge >= 0.3 is 19.8 Å². The number of hydrogen-bond acceptors (Lipinski definition) is 7. The molecule has 0 saturated carbocycles. The normalized spacial score (nSPS) is 14.0. The zero-order valence-electron chi connectivity index (χ0n) is 43.2. The number of rotatable bonds is 48. The number of phosphoric acid groups is 1. The van der Waals surface area contributed by atoms with Crippen molar-refractivity contribution in [2.24, 2.45) is 0 Å². The first-order valence-corrected chi connectivity index (χ1v) is 28.2. The Morgan fingerprint density at radius 3 is 1.29 bits per heavy atom. The van der Waals surface area contributed by atoms with Gasteiger partial charge in [-0.25, -0.2) is 4.57 Å². The Kier molecular flexibility index (Phi) is 45.7. The summed E-state index contributed by atoms with van der Waals surface area (Å²) in [5.74, 6) is -0.802. The first-order chi connectivity index (χ1) is 32.0. The summed E-state index contributed by atoms with van der Waals surface area (Å²) < 4.78 is 34.3. The Morgan fingerprint density at radius 1 is 0.485 bits per heavy atom. The molecule has 0 heterocycles. The number of esters is 2. The fourth-order valence-corrected chi connectivity index (χ4v) is 7.88. The molecule has 2 unspecified atom stereocenters. The predicted molar refractivity (Wildman–Crippen MR) is 279 cm³/mol. The molecule has 382 valence electrons. The summed E-state index contributed by atoms with van der Waals surface area (Å²) in [4.78, 5) is 35.3. The maximum atomic E-state index is 12.7. The fraction of sp³-hybridized carbons (Fsp3) is 0.750. The molecule has 10 heteroatoms. The smallest absolute Gasteiger partial charge is 0.462 e. The first kappa shape index (κ1) is 63.5. The third kappa shape index (κ3) is 50.9. The van der Waals surface area contributed by atoms with Crippen LogP contribution in [0.1, 0.15) is 219 Å². The molecule has 66 heavy (non-hydrogen) atoms. The van der Waals surface area contributed by atoms with Crippen molar-refractivity contribution in [3.63, 3.8) is 0 Å². The van der Waals surface area contributed by atoms with Crippen molar-refractivity contribution in [3.8, 4) is 0 Å². The van der Waals surface area contributed by atoms with Crippen LogP contribution in [0.15, 0.2) is 72.9 Å². The molecule has 0 fully saturated rings. The van der Waals surface area contributed by atoms with E-state index in [1.54, 1.807) is 0 Å². The number of carbonyl (C=O) groups is 2. The quantitative estimate of drug-likeness (QED) is 0.0211. The van der Waals surface area contributed by atoms with Crippen LogP contribution in [-0.4, -0.2) is 74.9 Å². The number of phosphoric ester groups is 1. The largest absolute Gasteiger partial charge is 0.472 e. The minimum atomic E-state index is -4.37. The van der Waals surface area contributed by atoms with Crippen LogP contribution in [0.2, 0.25) is 0 Å². The molecule has 0 radical (unpaired) electrons. The average molecular weight is 947 g/mol. The van der Waals surface area contributed by atoms with Gasteiger partial charge in [-0.05, 0) is 64.2 Å². The maximum Gasteiger partial charge on any atom is 0.472 e. The number of nitrogens with zero attached hydrogens (tertiary/aromatic N) is 1. The second-order valence-corrected chi connectivity index (χ2v) is 20.3. The summed E-state index contributed by atoms with van der Waals surface area (Å²) in [5, 5.41) is 0. The van der Waals surface area contributed by atoms with Crippen LogP contribution in [-0.2, 0) is 32.7 Å². The van der Waals surface area contributed by atoms with Gasteiger partial charge in [0.2, 0.25) is 0 Å². The molecule has 0 spiro atoms. The Labute approximate surface area is 406 Å². The molecule has 0 rings (SSSR count). The van der Waals surface area contributed by atoms with Crippen molar-refractivity contribution in [1.82, 2.24) is 0 Å². The van der Waals surface area contributed by atoms with Gasteiger partial charge in [-0.15, -0.1) is 0 Å². The van der Waals surface area contributed by atoms with E-state index in [-0.39, 0.29) is 32.0 Å². The van der Waals surface area contributed by atoms with Crippen molar-refractivity contribution in [2.75, 3.05) is 47.5 Å². The van der Waals surface area contributed by atoms with E-state index >= 15 is 0 Å². The maximum absolute atomic E-state index is 12.7. The SMILES string of the molecule is CC/C=C\C/C=C\C/C=C\C/C=C\C/C=C\C/C=C\CCCCCCCCCCCCCCCCCCC(=O)OC(COC(=O)CCCCCCCCC)COP(=O)(O)OCC[N+](C)(C)C. The highest BCUT2D eigenvalue weighted by Crippen LogP contribution is 2.43. The summed E-state index contributed by atoms with van der Waals surface area (Å²) in [6.07, 6.45) is 61.5. The minimum absolute atomic E-state index is 0.0314. The van der Waals surface area contributed by atoms with Crippen molar-refractivity contribution in [3.05, 3.63) is 72.9 Å². The van der Waals surface area contributed by atoms with Gasteiger partial charge in [0.05, 0.1) is 27.7 Å². The Bertz CT molecular complexity index is 1350. The topological polar surface area (TPSA) is 108 Å². The van der Waals surface area contributed by atoms with Gasteiger partial charge in [0, 0.05) is 12.8 Å². The lowest BCUT2D eigenvalue weighted by Crippen LogP contribution is -2.37. The zero-order chi connectivity index (χ0) is 48.5. The molecule has 0 aromatic carbocycles. The summed E-state index contributed by atoms with van der Waals surface area (Å²) >= 11 is 0. The highest BCUT2D eigenvalue weighted by atomic mass is 31.2. The van der Waals surface area contributed by atoms with Gasteiger partial charge in [0.1, 0.15) is 19.8 Å². The second-order valence-electron chi connectivity index (χ2n) is 18.9. The molecule has 2 atom stereocenters. The molecular weight excluding hydrogens is 846 g/mol. The summed E-state index contributed by atoms with van der Waals surface area (Å²) in [7, 11) is 1.48. The lowest BCUT2D eigenvalue weighted by Gasteiger charge is -2.24. The van der Waals surface area contributed by atoms with Crippen molar-refractivity contribution in [1.29, 1.82) is 0 Å². The monoisotopic (exact) mass is 947 g/mol. The Balaban J connectivity index is 3.93. The molecule has 0 aromatic heterocycles. The molecule has 0 aromatic rings. The first-order valence-electron chi connectivity index (χ1n) is 26.7. The molecule has 0 saturated heterocycles. The number of likely N-dealkylation sites (N-methyl/N-ethyl adjacent to an activating group) is 1. The van der Waals surface area contributed by atoms with Crippen LogP contribution < -0.4 is 0 Å². The van der Waals surface area contributed by atoms with E-state index in [0.717, 1.165) is 70.6 Å². The standard InChI is InChI=1S/C56H100NO8P/c1-6-8-10-12-14-15-16-17-18-19-20-21-22-23-24-25-26-27-28-29-30-31-32-33-34-35-36-37-38-39-40-41-43-45-47-49-56(59)65-54(53-64-66(60,61)63-51-50-57(3,4)5)52-62-55(58)48-46-44-42-13-11-9-7-2/h8,10,14-15,17-18,20-21,23-24,26-27,54H,6-7,9,11-13,16,19,22,25,28-53H2,1-5H3/p+1/b10-8-,15-14-,18-17-,21-20-,24-23-,27-26-. The summed E-state index contributed by atoms with van der Waals surface area (Å²) in [5.41, 5.74) is 0. The minimum Gasteiger partial charge on any atom is -0.462 e. The van der Waals surface area contributed by atoms with Crippen LogP contribution in [0.4, 0.5) is 0 Å². The van der Waals surface area contributed by atoms with E-state index in [0.29, 0.717) is 17.4 Å². The van der Waals surface area contributed by atoms with E-state index in [1.165, 1.54) is 116 Å². The Morgan fingerprint density at radius 2 is 0.864 bits per heavy atom. The lowest BCUT2D eigenvalue weighted by molar-refractivity contribution is -0.870. The molecular formula is C56H101NO8P+. The van der Waals surface area contributed by atoms with Crippen LogP contribution >= 0.6 is 7.82 Å². The zero-order valence-corrected chi connectivity index (χ0v) is 44.1. The second kappa shape index (κ2) is 47.5. The third-order valence-corrected chi connectivity index (χ3v) is 12.2. The number of allylic oxidation sites excluding steroid dienone is 12. The van der Waals surface area contributed by atoms with Gasteiger partial charge in [0.15, 0.2) is 6.10 Å². The summed E-state index contributed by atoms with van der Waals surface area (Å²) in [6.45, 7) is 4.26. The average Bonchev–Trinajstić information content (AvgIpc) is 3.27. The fourth-order valence-electron chi connectivity index (χ4n) is 7.14. The van der Waals surface area contributed by atoms with Crippen molar-refractivity contribution < 1.29 is 42.1 Å². The van der Waals surface area contributed by atoms with Crippen LogP contribution in [0.5, 0.6) is 0 Å². The lowest BCUT2D eigenvalue weighted by atomic mass is 10.0.